The van der Waals surface area contributed by atoms with E-state index in [9.17, 15) is 4.79 Å². The first-order valence-electron chi connectivity index (χ1n) is 10.6. The number of hydrogen-bond donors (Lipinski definition) is 1. The smallest absolute Gasteiger partial charge is 0.220 e. The number of pyridine rings is 1. The lowest BCUT2D eigenvalue weighted by atomic mass is 9.88. The van der Waals surface area contributed by atoms with Crippen LogP contribution in [-0.4, -0.2) is 36.0 Å². The van der Waals surface area contributed by atoms with Gasteiger partial charge in [-0.2, -0.15) is 0 Å². The fourth-order valence-electron chi connectivity index (χ4n) is 4.13. The Morgan fingerprint density at radius 1 is 1.28 bits per heavy atom. The van der Waals surface area contributed by atoms with Gasteiger partial charge in [-0.25, -0.2) is 0 Å². The quantitative estimate of drug-likeness (QED) is 0.728. The van der Waals surface area contributed by atoms with E-state index in [1.165, 1.54) is 5.56 Å². The summed E-state index contributed by atoms with van der Waals surface area (Å²) >= 11 is 0. The van der Waals surface area contributed by atoms with Crippen LogP contribution in [0.25, 0.3) is 0 Å². The first-order chi connectivity index (χ1) is 14.0. The number of aromatic nitrogens is 1. The molecule has 1 aromatic heterocycles. The van der Waals surface area contributed by atoms with Gasteiger partial charge in [-0.1, -0.05) is 32.0 Å². The number of nitrogens with zero attached hydrogens (tertiary/aromatic N) is 2. The summed E-state index contributed by atoms with van der Waals surface area (Å²) in [7, 11) is 1.70. The second kappa shape index (κ2) is 10.4. The second-order valence-electron chi connectivity index (χ2n) is 8.39. The third kappa shape index (κ3) is 6.29. The minimum Gasteiger partial charge on any atom is -0.497 e. The average molecular weight is 396 g/mol. The number of likely N-dealkylation sites (tertiary alicyclic amines) is 1. The second-order valence-corrected chi connectivity index (χ2v) is 8.39. The van der Waals surface area contributed by atoms with Crippen molar-refractivity contribution in [3.63, 3.8) is 0 Å². The summed E-state index contributed by atoms with van der Waals surface area (Å²) in [5, 5.41) is 3.29. The molecule has 5 nitrogen and oxygen atoms in total. The van der Waals surface area contributed by atoms with Gasteiger partial charge in [-0.3, -0.25) is 14.7 Å². The first kappa shape index (κ1) is 21.3. The topological polar surface area (TPSA) is 54.5 Å². The number of carbonyl (C=O) groups is 1. The Bertz CT molecular complexity index is 779. The Morgan fingerprint density at radius 2 is 2.14 bits per heavy atom. The molecule has 156 valence electrons. The van der Waals surface area contributed by atoms with Crippen LogP contribution in [0.15, 0.2) is 48.7 Å². The van der Waals surface area contributed by atoms with E-state index in [1.807, 2.05) is 36.5 Å². The molecular formula is C24H33N3O2. The van der Waals surface area contributed by atoms with Gasteiger partial charge in [-0.15, -0.1) is 0 Å². The number of nitrogens with one attached hydrogen (secondary N) is 1. The number of ether oxygens (including phenoxy) is 1. The fraction of sp³-hybridized carbons (Fsp3) is 0.500. The van der Waals surface area contributed by atoms with Crippen molar-refractivity contribution in [2.45, 2.75) is 45.7 Å². The van der Waals surface area contributed by atoms with Gasteiger partial charge < -0.3 is 10.1 Å². The molecule has 0 bridgehead atoms. The lowest BCUT2D eigenvalue weighted by Crippen LogP contribution is -2.43. The zero-order valence-electron chi connectivity index (χ0n) is 17.8. The molecule has 0 unspecified atom stereocenters. The number of carbonyl (C=O) groups excluding carboxylic acids is 1. The van der Waals surface area contributed by atoms with Gasteiger partial charge in [0.15, 0.2) is 0 Å². The minimum atomic E-state index is -0.0458. The van der Waals surface area contributed by atoms with Crippen LogP contribution in [-0.2, 0) is 11.3 Å². The van der Waals surface area contributed by atoms with E-state index < -0.39 is 0 Å². The van der Waals surface area contributed by atoms with Crippen LogP contribution in [0.4, 0.5) is 0 Å². The lowest BCUT2D eigenvalue weighted by Gasteiger charge is -2.37. The number of methoxy groups -OCH3 is 1. The molecule has 1 fully saturated rings. The number of piperidine rings is 1. The molecule has 3 rings (SSSR count). The maximum Gasteiger partial charge on any atom is 0.220 e. The fourth-order valence-corrected chi connectivity index (χ4v) is 4.13. The van der Waals surface area contributed by atoms with E-state index in [1.54, 1.807) is 7.11 Å². The highest BCUT2D eigenvalue weighted by molar-refractivity contribution is 5.76. The van der Waals surface area contributed by atoms with Gasteiger partial charge in [0, 0.05) is 25.7 Å². The molecule has 29 heavy (non-hydrogen) atoms. The van der Waals surface area contributed by atoms with Crippen molar-refractivity contribution in [1.29, 1.82) is 0 Å². The van der Waals surface area contributed by atoms with Gasteiger partial charge in [0.1, 0.15) is 5.75 Å². The molecular weight excluding hydrogens is 362 g/mol. The Balaban J connectivity index is 1.72. The zero-order chi connectivity index (χ0) is 20.6. The Kier molecular flexibility index (Phi) is 7.64. The van der Waals surface area contributed by atoms with Crippen molar-refractivity contribution in [1.82, 2.24) is 15.2 Å². The highest BCUT2D eigenvalue weighted by Gasteiger charge is 2.30. The molecule has 2 heterocycles. The molecule has 1 aliphatic heterocycles. The number of rotatable bonds is 8. The molecule has 1 aliphatic rings. The van der Waals surface area contributed by atoms with Gasteiger partial charge in [-0.05, 0) is 61.1 Å². The molecule has 1 amide bonds. The van der Waals surface area contributed by atoms with Gasteiger partial charge in [0.2, 0.25) is 5.91 Å². The number of hydrogen-bond acceptors (Lipinski definition) is 4. The normalized spacial score (nSPS) is 18.4. The van der Waals surface area contributed by atoms with Crippen LogP contribution >= 0.6 is 0 Å². The van der Waals surface area contributed by atoms with Gasteiger partial charge in [0.25, 0.3) is 0 Å². The molecule has 0 radical (unpaired) electrons. The highest BCUT2D eigenvalue weighted by Crippen LogP contribution is 2.30. The van der Waals surface area contributed by atoms with Crippen molar-refractivity contribution in [3.05, 3.63) is 59.9 Å². The van der Waals surface area contributed by atoms with E-state index in [4.69, 9.17) is 4.74 Å². The summed E-state index contributed by atoms with van der Waals surface area (Å²) in [6, 6.07) is 14.2. The lowest BCUT2D eigenvalue weighted by molar-refractivity contribution is -0.123. The summed E-state index contributed by atoms with van der Waals surface area (Å²) in [4.78, 5) is 19.6. The first-order valence-corrected chi connectivity index (χ1v) is 10.6. The Morgan fingerprint density at radius 3 is 2.86 bits per heavy atom. The van der Waals surface area contributed by atoms with Crippen LogP contribution in [0.1, 0.15) is 50.4 Å². The molecule has 5 heteroatoms. The number of benzene rings is 1. The Hall–Kier alpha value is -2.40. The predicted octanol–water partition coefficient (Wildman–Crippen LogP) is 4.21. The van der Waals surface area contributed by atoms with E-state index in [-0.39, 0.29) is 11.9 Å². The minimum absolute atomic E-state index is 0.0458. The molecule has 1 saturated heterocycles. The average Bonchev–Trinajstić information content (AvgIpc) is 2.72. The molecule has 0 aliphatic carbocycles. The van der Waals surface area contributed by atoms with Crippen molar-refractivity contribution in [3.8, 4) is 5.75 Å². The summed E-state index contributed by atoms with van der Waals surface area (Å²) in [5.74, 6) is 1.69. The van der Waals surface area contributed by atoms with E-state index in [0.29, 0.717) is 18.3 Å². The van der Waals surface area contributed by atoms with Crippen molar-refractivity contribution in [2.75, 3.05) is 20.2 Å². The summed E-state index contributed by atoms with van der Waals surface area (Å²) in [6.45, 7) is 7.06. The standard InChI is InChI=1S/C24H33N3O2/c1-18(2)14-23(28)26-24(22-11-4-5-12-25-22)20-9-7-13-27(17-20)16-19-8-6-10-21(15-19)29-3/h4-6,8,10-12,15,18,20,24H,7,9,13-14,16-17H2,1-3H3,(H,26,28)/t20-,24+/m0/s1. The van der Waals surface area contributed by atoms with Crippen LogP contribution in [0.5, 0.6) is 5.75 Å². The number of amides is 1. The van der Waals surface area contributed by atoms with Crippen LogP contribution in [0.3, 0.4) is 0 Å². The molecule has 2 aromatic rings. The van der Waals surface area contributed by atoms with Crippen molar-refractivity contribution in [2.24, 2.45) is 11.8 Å². The summed E-state index contributed by atoms with van der Waals surface area (Å²) < 4.78 is 5.36. The van der Waals surface area contributed by atoms with Crippen molar-refractivity contribution < 1.29 is 9.53 Å². The van der Waals surface area contributed by atoms with Gasteiger partial charge in [0.05, 0.1) is 18.8 Å². The van der Waals surface area contributed by atoms with E-state index in [2.05, 4.69) is 41.2 Å². The molecule has 0 saturated carbocycles. The SMILES string of the molecule is COc1cccc(CN2CCC[C@H]([C@@H](NC(=O)CC(C)C)c3ccccn3)C2)c1. The summed E-state index contributed by atoms with van der Waals surface area (Å²) in [5.41, 5.74) is 2.21. The predicted molar refractivity (Wildman–Crippen MR) is 116 cm³/mol. The largest absolute Gasteiger partial charge is 0.497 e. The van der Waals surface area contributed by atoms with Crippen LogP contribution in [0, 0.1) is 11.8 Å². The van der Waals surface area contributed by atoms with Crippen LogP contribution in [0.2, 0.25) is 0 Å². The van der Waals surface area contributed by atoms with Crippen LogP contribution < -0.4 is 10.1 Å². The molecule has 1 N–H and O–H groups in total. The third-order valence-electron chi connectivity index (χ3n) is 5.47. The summed E-state index contributed by atoms with van der Waals surface area (Å²) in [6.07, 6.45) is 4.58. The van der Waals surface area contributed by atoms with Gasteiger partial charge >= 0.3 is 0 Å². The molecule has 0 spiro atoms. The van der Waals surface area contributed by atoms with E-state index >= 15 is 0 Å². The monoisotopic (exact) mass is 395 g/mol. The third-order valence-corrected chi connectivity index (χ3v) is 5.47. The Labute approximate surface area is 174 Å². The maximum absolute atomic E-state index is 12.6. The molecule has 1 aromatic carbocycles. The molecule has 2 atom stereocenters. The highest BCUT2D eigenvalue weighted by atomic mass is 16.5. The van der Waals surface area contributed by atoms with Crippen molar-refractivity contribution >= 4 is 5.91 Å². The zero-order valence-corrected chi connectivity index (χ0v) is 17.8. The maximum atomic E-state index is 12.6. The van der Waals surface area contributed by atoms with E-state index in [0.717, 1.165) is 43.9 Å².